The first kappa shape index (κ1) is 13.4. The van der Waals surface area contributed by atoms with E-state index in [1.165, 1.54) is 0 Å². The van der Waals surface area contributed by atoms with Crippen LogP contribution >= 0.6 is 7.80 Å². The Kier molecular flexibility index (Phi) is 5.12. The monoisotopic (exact) mass is 318 g/mol. The standard InChI is InChI=1S/C13H13OP.Ru/c1-11-7-5-6-10-13(11)15(14)12-8-3-2-4-9-12;/h2-10,15H,1H3;. The molecule has 0 N–H and O–H groups in total. The van der Waals surface area contributed by atoms with Crippen molar-refractivity contribution in [2.24, 2.45) is 0 Å². The van der Waals surface area contributed by atoms with Crippen LogP contribution in [0.4, 0.5) is 0 Å². The second-order valence-corrected chi connectivity index (χ2v) is 5.28. The summed E-state index contributed by atoms with van der Waals surface area (Å²) < 4.78 is 12.3. The molecule has 84 valence electrons. The molecule has 2 rings (SSSR count). The average molecular weight is 317 g/mol. The first-order valence-corrected chi connectivity index (χ1v) is 6.35. The summed E-state index contributed by atoms with van der Waals surface area (Å²) in [5, 5.41) is 1.89. The van der Waals surface area contributed by atoms with Gasteiger partial charge in [-0.15, -0.1) is 0 Å². The Morgan fingerprint density at radius 3 is 2.06 bits per heavy atom. The van der Waals surface area contributed by atoms with Crippen molar-refractivity contribution >= 4 is 18.4 Å². The van der Waals surface area contributed by atoms with E-state index in [2.05, 4.69) is 0 Å². The van der Waals surface area contributed by atoms with E-state index in [9.17, 15) is 4.57 Å². The van der Waals surface area contributed by atoms with E-state index >= 15 is 0 Å². The van der Waals surface area contributed by atoms with Crippen LogP contribution in [0.1, 0.15) is 5.56 Å². The van der Waals surface area contributed by atoms with Gasteiger partial charge in [0.25, 0.3) is 0 Å². The van der Waals surface area contributed by atoms with Gasteiger partial charge < -0.3 is 4.57 Å². The van der Waals surface area contributed by atoms with Crippen LogP contribution < -0.4 is 10.6 Å². The average Bonchev–Trinajstić information content (AvgIpc) is 2.30. The van der Waals surface area contributed by atoms with Crippen molar-refractivity contribution in [1.29, 1.82) is 0 Å². The molecule has 0 aromatic heterocycles. The topological polar surface area (TPSA) is 17.1 Å². The predicted molar refractivity (Wildman–Crippen MR) is 65.9 cm³/mol. The van der Waals surface area contributed by atoms with E-state index in [1.807, 2.05) is 61.5 Å². The zero-order chi connectivity index (χ0) is 10.7. The molecule has 0 aliphatic carbocycles. The second-order valence-electron chi connectivity index (χ2n) is 3.51. The van der Waals surface area contributed by atoms with Crippen molar-refractivity contribution in [2.45, 2.75) is 6.92 Å². The number of aryl methyl sites for hydroxylation is 1. The van der Waals surface area contributed by atoms with Gasteiger partial charge >= 0.3 is 0 Å². The van der Waals surface area contributed by atoms with Crippen molar-refractivity contribution in [2.75, 3.05) is 0 Å². The summed E-state index contributed by atoms with van der Waals surface area (Å²) in [6.45, 7) is 2.00. The maximum Gasteiger partial charge on any atom is 0.132 e. The third-order valence-corrected chi connectivity index (χ3v) is 4.33. The third kappa shape index (κ3) is 2.91. The van der Waals surface area contributed by atoms with E-state index in [1.54, 1.807) is 0 Å². The SMILES string of the molecule is Cc1ccccc1[PH](=O)c1ccccc1.[Ru]. The minimum atomic E-state index is -1.82. The molecule has 0 saturated heterocycles. The Bertz CT molecular complexity index is 482. The molecule has 0 amide bonds. The summed E-state index contributed by atoms with van der Waals surface area (Å²) in [5.74, 6) is 0. The summed E-state index contributed by atoms with van der Waals surface area (Å²) in [7, 11) is -1.82. The first-order valence-electron chi connectivity index (χ1n) is 4.94. The van der Waals surface area contributed by atoms with Crippen LogP contribution in [0.15, 0.2) is 54.6 Å². The van der Waals surface area contributed by atoms with Crippen molar-refractivity contribution in [3.05, 3.63) is 60.2 Å². The molecule has 16 heavy (non-hydrogen) atoms. The summed E-state index contributed by atoms with van der Waals surface area (Å²) >= 11 is 0. The Labute approximate surface area is 109 Å². The van der Waals surface area contributed by atoms with Gasteiger partial charge in [0.05, 0.1) is 0 Å². The molecule has 0 radical (unpaired) electrons. The second kappa shape index (κ2) is 6.13. The fraction of sp³-hybridized carbons (Fsp3) is 0.0769. The Morgan fingerprint density at radius 1 is 0.875 bits per heavy atom. The van der Waals surface area contributed by atoms with Crippen molar-refractivity contribution in [3.63, 3.8) is 0 Å². The molecular formula is C13H13OPRu. The molecule has 0 saturated carbocycles. The summed E-state index contributed by atoms with van der Waals surface area (Å²) in [5.41, 5.74) is 1.10. The van der Waals surface area contributed by atoms with Crippen LogP contribution in [0.5, 0.6) is 0 Å². The fourth-order valence-electron chi connectivity index (χ4n) is 1.57. The Balaban J connectivity index is 0.00000128. The molecule has 0 bridgehead atoms. The number of hydrogen-bond donors (Lipinski definition) is 0. The molecule has 2 aromatic rings. The van der Waals surface area contributed by atoms with Crippen LogP contribution in [-0.2, 0) is 24.0 Å². The molecule has 1 atom stereocenters. The van der Waals surface area contributed by atoms with E-state index in [4.69, 9.17) is 0 Å². The summed E-state index contributed by atoms with van der Waals surface area (Å²) in [4.78, 5) is 0. The van der Waals surface area contributed by atoms with Crippen LogP contribution in [0.25, 0.3) is 0 Å². The zero-order valence-electron chi connectivity index (χ0n) is 8.96. The number of hydrogen-bond acceptors (Lipinski definition) is 1. The molecule has 1 nitrogen and oxygen atoms in total. The van der Waals surface area contributed by atoms with E-state index in [0.29, 0.717) is 0 Å². The molecule has 0 aliphatic heterocycles. The first-order chi connectivity index (χ1) is 7.29. The molecule has 0 fully saturated rings. The van der Waals surface area contributed by atoms with E-state index in [-0.39, 0.29) is 19.5 Å². The van der Waals surface area contributed by atoms with Crippen molar-refractivity contribution in [1.82, 2.24) is 0 Å². The Morgan fingerprint density at radius 2 is 1.44 bits per heavy atom. The molecule has 2 aromatic carbocycles. The largest absolute Gasteiger partial charge is 0.317 e. The van der Waals surface area contributed by atoms with Gasteiger partial charge in [-0.25, -0.2) is 0 Å². The van der Waals surface area contributed by atoms with Gasteiger partial charge in [0.2, 0.25) is 0 Å². The van der Waals surface area contributed by atoms with Crippen molar-refractivity contribution in [3.8, 4) is 0 Å². The summed E-state index contributed by atoms with van der Waals surface area (Å²) in [6.07, 6.45) is 0. The van der Waals surface area contributed by atoms with Crippen molar-refractivity contribution < 1.29 is 24.0 Å². The van der Waals surface area contributed by atoms with Gasteiger partial charge in [-0.05, 0) is 12.5 Å². The fourth-order valence-corrected chi connectivity index (χ4v) is 3.07. The normalized spacial score (nSPS) is 11.6. The maximum absolute atomic E-state index is 12.3. The van der Waals surface area contributed by atoms with Gasteiger partial charge in [0.1, 0.15) is 7.80 Å². The summed E-state index contributed by atoms with van der Waals surface area (Å²) in [6, 6.07) is 17.5. The van der Waals surface area contributed by atoms with Crippen LogP contribution in [0.2, 0.25) is 0 Å². The van der Waals surface area contributed by atoms with Crippen LogP contribution in [0, 0.1) is 6.92 Å². The quantitative estimate of drug-likeness (QED) is 0.614. The van der Waals surface area contributed by atoms with Gasteiger partial charge in [0.15, 0.2) is 0 Å². The number of rotatable bonds is 2. The molecule has 0 heterocycles. The van der Waals surface area contributed by atoms with Gasteiger partial charge in [0, 0.05) is 30.1 Å². The minimum Gasteiger partial charge on any atom is -0.317 e. The Hall–Kier alpha value is -0.707. The van der Waals surface area contributed by atoms with Crippen LogP contribution in [0.3, 0.4) is 0 Å². The van der Waals surface area contributed by atoms with Gasteiger partial charge in [-0.3, -0.25) is 0 Å². The van der Waals surface area contributed by atoms with E-state index < -0.39 is 7.80 Å². The predicted octanol–water partition coefficient (Wildman–Crippen LogP) is 2.50. The molecule has 1 unspecified atom stereocenters. The number of benzene rings is 2. The van der Waals surface area contributed by atoms with E-state index in [0.717, 1.165) is 16.2 Å². The molecule has 0 spiro atoms. The maximum atomic E-state index is 12.3. The molecule has 3 heteroatoms. The van der Waals surface area contributed by atoms with Crippen LogP contribution in [-0.4, -0.2) is 0 Å². The minimum absolute atomic E-state index is 0. The zero-order valence-corrected chi connectivity index (χ0v) is 11.7. The molecular weight excluding hydrogens is 304 g/mol. The third-order valence-electron chi connectivity index (χ3n) is 2.43. The van der Waals surface area contributed by atoms with Gasteiger partial charge in [-0.1, -0.05) is 54.6 Å². The van der Waals surface area contributed by atoms with Gasteiger partial charge in [-0.2, -0.15) is 0 Å². The molecule has 0 aliphatic rings. The smallest absolute Gasteiger partial charge is 0.132 e.